The van der Waals surface area contributed by atoms with Crippen molar-refractivity contribution in [3.8, 4) is 0 Å². The number of oxazole rings is 1. The predicted octanol–water partition coefficient (Wildman–Crippen LogP) is 2.02. The number of amides is 2. The molecule has 0 aliphatic carbocycles. The second-order valence-corrected chi connectivity index (χ2v) is 6.55. The maximum atomic E-state index is 12.9. The number of nitrogens with zero attached hydrogens (tertiary/aromatic N) is 3. The quantitative estimate of drug-likeness (QED) is 0.851. The Labute approximate surface area is 136 Å². The van der Waals surface area contributed by atoms with Gasteiger partial charge in [-0.15, -0.1) is 0 Å². The number of aromatic nitrogens is 1. The molecular weight excluding hydrogens is 294 g/mol. The van der Waals surface area contributed by atoms with E-state index >= 15 is 0 Å². The Morgan fingerprint density at radius 3 is 2.74 bits per heavy atom. The lowest BCUT2D eigenvalue weighted by Crippen LogP contribution is -2.48. The van der Waals surface area contributed by atoms with Crippen molar-refractivity contribution in [3.63, 3.8) is 0 Å². The van der Waals surface area contributed by atoms with Crippen LogP contribution in [0.3, 0.4) is 0 Å². The normalized spacial score (nSPS) is 24.2. The number of aryl methyl sites for hydroxylation is 2. The van der Waals surface area contributed by atoms with Gasteiger partial charge in [-0.2, -0.15) is 0 Å². The molecule has 126 valence electrons. The minimum atomic E-state index is -0.127. The summed E-state index contributed by atoms with van der Waals surface area (Å²) in [4.78, 5) is 33.5. The molecule has 3 aliphatic heterocycles. The summed E-state index contributed by atoms with van der Waals surface area (Å²) in [7, 11) is 0. The van der Waals surface area contributed by atoms with E-state index < -0.39 is 0 Å². The van der Waals surface area contributed by atoms with E-state index in [9.17, 15) is 9.59 Å². The van der Waals surface area contributed by atoms with E-state index in [1.54, 1.807) is 11.8 Å². The first-order valence-electron chi connectivity index (χ1n) is 8.61. The average Bonchev–Trinajstić information content (AvgIpc) is 2.72. The molecule has 2 amide bonds. The SMILES string of the molecule is CCCN1C(=O)[C@H]2CC[C@@H]1CN(C(=O)c1oc(CC)nc1C)C2. The minimum Gasteiger partial charge on any atom is -0.435 e. The van der Waals surface area contributed by atoms with Gasteiger partial charge in [-0.3, -0.25) is 9.59 Å². The number of hydrogen-bond donors (Lipinski definition) is 0. The van der Waals surface area contributed by atoms with Crippen molar-refractivity contribution >= 4 is 11.8 Å². The third kappa shape index (κ3) is 2.86. The molecule has 0 saturated carbocycles. The third-order valence-electron chi connectivity index (χ3n) is 4.88. The number of hydrogen-bond acceptors (Lipinski definition) is 4. The maximum absolute atomic E-state index is 12.9. The number of carbonyl (C=O) groups excluding carboxylic acids is 2. The monoisotopic (exact) mass is 319 g/mol. The molecule has 6 heteroatoms. The summed E-state index contributed by atoms with van der Waals surface area (Å²) in [6, 6.07) is 0.138. The van der Waals surface area contributed by atoms with Crippen LogP contribution in [-0.4, -0.2) is 52.3 Å². The van der Waals surface area contributed by atoms with E-state index in [4.69, 9.17) is 4.42 Å². The molecule has 0 aromatic carbocycles. The highest BCUT2D eigenvalue weighted by Gasteiger charge is 2.42. The molecule has 0 N–H and O–H groups in total. The molecule has 3 aliphatic rings. The summed E-state index contributed by atoms with van der Waals surface area (Å²) in [5.74, 6) is 0.933. The lowest BCUT2D eigenvalue weighted by atomic mass is 9.94. The molecule has 6 nitrogen and oxygen atoms in total. The maximum Gasteiger partial charge on any atom is 0.291 e. The summed E-state index contributed by atoms with van der Waals surface area (Å²) in [6.07, 6.45) is 3.48. The van der Waals surface area contributed by atoms with Crippen LogP contribution in [0.15, 0.2) is 4.42 Å². The van der Waals surface area contributed by atoms with Gasteiger partial charge in [-0.05, 0) is 26.2 Å². The van der Waals surface area contributed by atoms with Crippen LogP contribution in [0, 0.1) is 12.8 Å². The predicted molar refractivity (Wildman–Crippen MR) is 85.0 cm³/mol. The lowest BCUT2D eigenvalue weighted by molar-refractivity contribution is -0.139. The highest BCUT2D eigenvalue weighted by Crippen LogP contribution is 2.30. The second-order valence-electron chi connectivity index (χ2n) is 6.55. The van der Waals surface area contributed by atoms with Gasteiger partial charge >= 0.3 is 0 Å². The number of fused-ring (bicyclic) bond motifs is 4. The van der Waals surface area contributed by atoms with Gasteiger partial charge in [0.25, 0.3) is 5.91 Å². The second kappa shape index (κ2) is 6.34. The molecule has 2 atom stereocenters. The summed E-state index contributed by atoms with van der Waals surface area (Å²) in [5.41, 5.74) is 0.639. The molecule has 1 aromatic heterocycles. The van der Waals surface area contributed by atoms with E-state index in [1.807, 2.05) is 11.8 Å². The first-order chi connectivity index (χ1) is 11.0. The van der Waals surface area contributed by atoms with Crippen molar-refractivity contribution in [2.24, 2.45) is 5.92 Å². The summed E-state index contributed by atoms with van der Waals surface area (Å²) < 4.78 is 5.61. The van der Waals surface area contributed by atoms with Crippen molar-refractivity contribution < 1.29 is 14.0 Å². The Morgan fingerprint density at radius 1 is 1.30 bits per heavy atom. The molecule has 2 bridgehead atoms. The lowest BCUT2D eigenvalue weighted by Gasteiger charge is -2.35. The van der Waals surface area contributed by atoms with Gasteiger partial charge in [0.1, 0.15) is 0 Å². The average molecular weight is 319 g/mol. The van der Waals surface area contributed by atoms with Crippen LogP contribution >= 0.6 is 0 Å². The summed E-state index contributed by atoms with van der Waals surface area (Å²) in [6.45, 7) is 7.71. The molecule has 0 radical (unpaired) electrons. The van der Waals surface area contributed by atoms with Crippen molar-refractivity contribution in [1.29, 1.82) is 0 Å². The minimum absolute atomic E-state index is 0.0712. The van der Waals surface area contributed by atoms with Crippen molar-refractivity contribution in [1.82, 2.24) is 14.8 Å². The first kappa shape index (κ1) is 16.0. The van der Waals surface area contributed by atoms with Gasteiger partial charge in [-0.1, -0.05) is 13.8 Å². The van der Waals surface area contributed by atoms with Crippen LogP contribution in [0.5, 0.6) is 0 Å². The van der Waals surface area contributed by atoms with Gasteiger partial charge in [0.15, 0.2) is 5.89 Å². The molecule has 3 saturated heterocycles. The zero-order valence-corrected chi connectivity index (χ0v) is 14.2. The fourth-order valence-corrected chi connectivity index (χ4v) is 3.69. The summed E-state index contributed by atoms with van der Waals surface area (Å²) >= 11 is 0. The highest BCUT2D eigenvalue weighted by molar-refractivity contribution is 5.93. The number of carbonyl (C=O) groups is 2. The highest BCUT2D eigenvalue weighted by atomic mass is 16.4. The number of rotatable bonds is 4. The van der Waals surface area contributed by atoms with E-state index in [-0.39, 0.29) is 23.8 Å². The molecule has 4 rings (SSSR count). The van der Waals surface area contributed by atoms with Gasteiger partial charge in [0.05, 0.1) is 11.6 Å². The molecular formula is C17H25N3O3. The Bertz CT molecular complexity index is 610. The smallest absolute Gasteiger partial charge is 0.291 e. The molecule has 0 unspecified atom stereocenters. The van der Waals surface area contributed by atoms with E-state index in [0.717, 1.165) is 25.8 Å². The van der Waals surface area contributed by atoms with Crippen molar-refractivity contribution in [3.05, 3.63) is 17.3 Å². The van der Waals surface area contributed by atoms with Crippen LogP contribution in [0.2, 0.25) is 0 Å². The standard InChI is InChI=1S/C17H25N3O3/c1-4-8-20-13-7-6-12(16(20)21)9-19(10-13)17(22)15-11(3)18-14(5-2)23-15/h12-13H,4-10H2,1-3H3/t12-,13+/m0/s1. The van der Waals surface area contributed by atoms with E-state index in [0.29, 0.717) is 36.9 Å². The molecule has 3 fully saturated rings. The van der Waals surface area contributed by atoms with Crippen LogP contribution < -0.4 is 0 Å². The zero-order chi connectivity index (χ0) is 16.6. The van der Waals surface area contributed by atoms with Crippen molar-refractivity contribution in [2.75, 3.05) is 19.6 Å². The Balaban J connectivity index is 1.82. The van der Waals surface area contributed by atoms with Crippen LogP contribution in [0.25, 0.3) is 0 Å². The van der Waals surface area contributed by atoms with E-state index in [2.05, 4.69) is 11.9 Å². The molecule has 0 spiro atoms. The Kier molecular flexibility index (Phi) is 4.41. The Morgan fingerprint density at radius 2 is 2.09 bits per heavy atom. The van der Waals surface area contributed by atoms with Gasteiger partial charge in [0.2, 0.25) is 11.7 Å². The Hall–Kier alpha value is -1.85. The molecule has 1 aromatic rings. The van der Waals surface area contributed by atoms with Crippen LogP contribution in [-0.2, 0) is 11.2 Å². The fraction of sp³-hybridized carbons (Fsp3) is 0.706. The van der Waals surface area contributed by atoms with E-state index in [1.165, 1.54) is 0 Å². The molecule has 4 heterocycles. The largest absolute Gasteiger partial charge is 0.435 e. The fourth-order valence-electron chi connectivity index (χ4n) is 3.69. The van der Waals surface area contributed by atoms with Gasteiger partial charge in [-0.25, -0.2) is 4.98 Å². The zero-order valence-electron chi connectivity index (χ0n) is 14.2. The topological polar surface area (TPSA) is 66.7 Å². The number of piperidine rings is 1. The summed E-state index contributed by atoms with van der Waals surface area (Å²) in [5, 5.41) is 0. The van der Waals surface area contributed by atoms with Crippen LogP contribution in [0.4, 0.5) is 0 Å². The van der Waals surface area contributed by atoms with Crippen molar-refractivity contribution in [2.45, 2.75) is 52.5 Å². The molecule has 23 heavy (non-hydrogen) atoms. The third-order valence-corrected chi connectivity index (χ3v) is 4.88. The first-order valence-corrected chi connectivity index (χ1v) is 8.61. The van der Waals surface area contributed by atoms with Crippen LogP contribution in [0.1, 0.15) is 55.2 Å². The van der Waals surface area contributed by atoms with Gasteiger partial charge < -0.3 is 14.2 Å². The van der Waals surface area contributed by atoms with Gasteiger partial charge in [0, 0.05) is 32.1 Å².